The van der Waals surface area contributed by atoms with Gasteiger partial charge in [0, 0.05) is 23.5 Å². The quantitative estimate of drug-likeness (QED) is 0.763. The molecule has 0 aliphatic carbocycles. The van der Waals surface area contributed by atoms with E-state index in [1.54, 1.807) is 11.3 Å². The first-order chi connectivity index (χ1) is 12.7. The van der Waals surface area contributed by atoms with E-state index in [-0.39, 0.29) is 22.5 Å². The number of carbonyl (C=O) groups is 1. The molecule has 1 fully saturated rings. The molecule has 0 atom stereocenters. The second-order valence-corrected chi connectivity index (χ2v) is 8.06. The van der Waals surface area contributed by atoms with Gasteiger partial charge in [-0.15, -0.1) is 11.3 Å². The van der Waals surface area contributed by atoms with E-state index >= 15 is 0 Å². The molecule has 2 aromatic rings. The minimum Gasteiger partial charge on any atom is -0.326 e. The lowest BCUT2D eigenvalue weighted by Crippen LogP contribution is -2.37. The van der Waals surface area contributed by atoms with Crippen LogP contribution in [0.1, 0.15) is 29.1 Å². The third kappa shape index (κ3) is 5.21. The summed E-state index contributed by atoms with van der Waals surface area (Å²) in [5, 5.41) is 5.27. The van der Waals surface area contributed by atoms with E-state index in [4.69, 9.17) is 11.6 Å². The van der Waals surface area contributed by atoms with E-state index in [0.717, 1.165) is 42.5 Å². The molecule has 0 bridgehead atoms. The van der Waals surface area contributed by atoms with Crippen molar-refractivity contribution < 1.29 is 18.0 Å². The average molecular weight is 418 g/mol. The highest BCUT2D eigenvalue weighted by Crippen LogP contribution is 2.36. The van der Waals surface area contributed by atoms with E-state index in [0.29, 0.717) is 12.8 Å². The van der Waals surface area contributed by atoms with Crippen LogP contribution in [0.2, 0.25) is 5.02 Å². The molecule has 9 heteroatoms. The maximum atomic E-state index is 12.9. The Kier molecular flexibility index (Phi) is 6.08. The van der Waals surface area contributed by atoms with Crippen molar-refractivity contribution in [2.24, 2.45) is 5.92 Å². The van der Waals surface area contributed by atoms with Crippen LogP contribution in [0.3, 0.4) is 0 Å². The fraction of sp³-hybridized carbons (Fsp3) is 0.444. The van der Waals surface area contributed by atoms with E-state index in [1.165, 1.54) is 6.07 Å². The fourth-order valence-corrected chi connectivity index (χ4v) is 3.96. The Morgan fingerprint density at radius 3 is 2.67 bits per heavy atom. The number of likely N-dealkylation sites (tertiary alicyclic amines) is 1. The highest BCUT2D eigenvalue weighted by atomic mass is 35.5. The zero-order valence-corrected chi connectivity index (χ0v) is 16.2. The van der Waals surface area contributed by atoms with Gasteiger partial charge in [0.1, 0.15) is 0 Å². The molecule has 0 radical (unpaired) electrons. The highest BCUT2D eigenvalue weighted by molar-refractivity contribution is 7.09. The number of piperidine rings is 1. The standard InChI is InChI=1S/C18H19ClF3N3OS/c1-11-23-14(10-27-11)9-25-6-4-12(5-7-25)17(26)24-13-2-3-16(19)15(8-13)18(20,21)22/h2-3,8,10,12H,4-7,9H2,1H3,(H,24,26). The predicted octanol–water partition coefficient (Wildman–Crippen LogP) is 4.97. The number of anilines is 1. The van der Waals surface area contributed by atoms with Crippen LogP contribution in [-0.2, 0) is 17.5 Å². The van der Waals surface area contributed by atoms with Crippen LogP contribution in [0, 0.1) is 12.8 Å². The summed E-state index contributed by atoms with van der Waals surface area (Å²) in [5.74, 6) is -0.474. The molecule has 146 valence electrons. The third-order valence-corrected chi connectivity index (χ3v) is 5.70. The molecule has 0 unspecified atom stereocenters. The number of halogens is 4. The molecular formula is C18H19ClF3N3OS. The van der Waals surface area contributed by atoms with Crippen molar-refractivity contribution in [2.75, 3.05) is 18.4 Å². The van der Waals surface area contributed by atoms with Gasteiger partial charge >= 0.3 is 6.18 Å². The number of thiazole rings is 1. The first-order valence-electron chi connectivity index (χ1n) is 8.53. The van der Waals surface area contributed by atoms with Crippen molar-refractivity contribution in [2.45, 2.75) is 32.5 Å². The van der Waals surface area contributed by atoms with Crippen LogP contribution in [0.5, 0.6) is 0 Å². The van der Waals surface area contributed by atoms with E-state index in [2.05, 4.69) is 15.2 Å². The van der Waals surface area contributed by atoms with Crippen LogP contribution >= 0.6 is 22.9 Å². The normalized spacial score (nSPS) is 16.5. The van der Waals surface area contributed by atoms with Crippen molar-refractivity contribution in [3.05, 3.63) is 44.9 Å². The van der Waals surface area contributed by atoms with Crippen LogP contribution in [0.15, 0.2) is 23.6 Å². The fourth-order valence-electron chi connectivity index (χ4n) is 3.13. The van der Waals surface area contributed by atoms with Crippen molar-refractivity contribution in [1.29, 1.82) is 0 Å². The third-order valence-electron chi connectivity index (χ3n) is 4.55. The Bertz CT molecular complexity index is 816. The lowest BCUT2D eigenvalue weighted by Gasteiger charge is -2.30. The lowest BCUT2D eigenvalue weighted by atomic mass is 9.95. The molecule has 1 saturated heterocycles. The molecule has 4 nitrogen and oxygen atoms in total. The summed E-state index contributed by atoms with van der Waals surface area (Å²) >= 11 is 7.22. The Morgan fingerprint density at radius 1 is 1.37 bits per heavy atom. The van der Waals surface area contributed by atoms with Gasteiger partial charge < -0.3 is 5.32 Å². The number of hydrogen-bond acceptors (Lipinski definition) is 4. The van der Waals surface area contributed by atoms with E-state index in [9.17, 15) is 18.0 Å². The smallest absolute Gasteiger partial charge is 0.326 e. The highest BCUT2D eigenvalue weighted by Gasteiger charge is 2.33. The summed E-state index contributed by atoms with van der Waals surface area (Å²) in [4.78, 5) is 19.1. The van der Waals surface area contributed by atoms with Gasteiger partial charge in [-0.25, -0.2) is 4.98 Å². The molecule has 27 heavy (non-hydrogen) atoms. The van der Waals surface area contributed by atoms with Gasteiger partial charge in [-0.1, -0.05) is 11.6 Å². The lowest BCUT2D eigenvalue weighted by molar-refractivity contribution is -0.137. The molecule has 0 spiro atoms. The van der Waals surface area contributed by atoms with Gasteiger partial charge in [-0.05, 0) is 51.1 Å². The minimum absolute atomic E-state index is 0.108. The summed E-state index contributed by atoms with van der Waals surface area (Å²) < 4.78 is 38.8. The van der Waals surface area contributed by atoms with Crippen LogP contribution in [0.4, 0.5) is 18.9 Å². The minimum atomic E-state index is -4.56. The summed E-state index contributed by atoms with van der Waals surface area (Å²) in [7, 11) is 0. The Labute approximate surface area is 164 Å². The monoisotopic (exact) mass is 417 g/mol. The number of aryl methyl sites for hydroxylation is 1. The number of aromatic nitrogens is 1. The largest absolute Gasteiger partial charge is 0.417 e. The summed E-state index contributed by atoms with van der Waals surface area (Å²) in [6.07, 6.45) is -3.24. The van der Waals surface area contributed by atoms with Crippen molar-refractivity contribution >= 4 is 34.5 Å². The molecule has 1 N–H and O–H groups in total. The molecular weight excluding hydrogens is 399 g/mol. The Balaban J connectivity index is 1.55. The molecule has 1 amide bonds. The topological polar surface area (TPSA) is 45.2 Å². The number of benzene rings is 1. The molecule has 1 aromatic heterocycles. The van der Waals surface area contributed by atoms with Gasteiger partial charge in [0.25, 0.3) is 0 Å². The molecule has 0 saturated carbocycles. The predicted molar refractivity (Wildman–Crippen MR) is 99.9 cm³/mol. The number of alkyl halides is 3. The van der Waals surface area contributed by atoms with Crippen LogP contribution in [-0.4, -0.2) is 28.9 Å². The van der Waals surface area contributed by atoms with Crippen molar-refractivity contribution in [1.82, 2.24) is 9.88 Å². The SMILES string of the molecule is Cc1nc(CN2CCC(C(=O)Nc3ccc(Cl)c(C(F)(F)F)c3)CC2)cs1. The van der Waals surface area contributed by atoms with Gasteiger partial charge in [0.15, 0.2) is 0 Å². The van der Waals surface area contributed by atoms with Crippen LogP contribution < -0.4 is 5.32 Å². The molecule has 1 aromatic carbocycles. The number of nitrogens with one attached hydrogen (secondary N) is 1. The first kappa shape index (κ1) is 20.1. The number of carbonyl (C=O) groups excluding carboxylic acids is 1. The van der Waals surface area contributed by atoms with Crippen molar-refractivity contribution in [3.8, 4) is 0 Å². The molecule has 3 rings (SSSR count). The number of rotatable bonds is 4. The second kappa shape index (κ2) is 8.16. The maximum absolute atomic E-state index is 12.9. The zero-order chi connectivity index (χ0) is 19.6. The maximum Gasteiger partial charge on any atom is 0.417 e. The van der Waals surface area contributed by atoms with E-state index < -0.39 is 11.7 Å². The van der Waals surface area contributed by atoms with Gasteiger partial charge in [0.2, 0.25) is 5.91 Å². The summed E-state index contributed by atoms with van der Waals surface area (Å²) in [6, 6.07) is 3.41. The number of hydrogen-bond donors (Lipinski definition) is 1. The second-order valence-electron chi connectivity index (χ2n) is 6.59. The number of amides is 1. The molecule has 2 heterocycles. The molecule has 1 aliphatic rings. The van der Waals surface area contributed by atoms with E-state index in [1.807, 2.05) is 12.3 Å². The van der Waals surface area contributed by atoms with Gasteiger partial charge in [-0.2, -0.15) is 13.2 Å². The van der Waals surface area contributed by atoms with Gasteiger partial charge in [0.05, 0.1) is 21.3 Å². The first-order valence-corrected chi connectivity index (χ1v) is 9.79. The van der Waals surface area contributed by atoms with Gasteiger partial charge in [-0.3, -0.25) is 9.69 Å². The Hall–Kier alpha value is -1.64. The molecule has 1 aliphatic heterocycles. The number of nitrogens with zero attached hydrogens (tertiary/aromatic N) is 2. The Morgan fingerprint density at radius 2 is 2.07 bits per heavy atom. The van der Waals surface area contributed by atoms with Crippen molar-refractivity contribution in [3.63, 3.8) is 0 Å². The summed E-state index contributed by atoms with van der Waals surface area (Å²) in [5.41, 5.74) is 0.189. The zero-order valence-electron chi connectivity index (χ0n) is 14.6. The summed E-state index contributed by atoms with van der Waals surface area (Å²) in [6.45, 7) is 4.22. The van der Waals surface area contributed by atoms with Crippen LogP contribution in [0.25, 0.3) is 0 Å². The average Bonchev–Trinajstić information content (AvgIpc) is 3.01.